The van der Waals surface area contributed by atoms with Crippen molar-refractivity contribution in [2.75, 3.05) is 12.3 Å². The van der Waals surface area contributed by atoms with Crippen molar-refractivity contribution in [3.63, 3.8) is 0 Å². The molecule has 0 saturated heterocycles. The molecular formula is C12H13N5O3. The Morgan fingerprint density at radius 3 is 2.75 bits per heavy atom. The Hall–Kier alpha value is -2.74. The van der Waals surface area contributed by atoms with Crippen LogP contribution in [0.2, 0.25) is 0 Å². The van der Waals surface area contributed by atoms with E-state index in [1.54, 1.807) is 18.3 Å². The Kier molecular flexibility index (Phi) is 4.06. The summed E-state index contributed by atoms with van der Waals surface area (Å²) in [6, 6.07) is 5.99. The number of hydrogen-bond acceptors (Lipinski definition) is 6. The van der Waals surface area contributed by atoms with E-state index in [9.17, 15) is 10.1 Å². The lowest BCUT2D eigenvalue weighted by atomic mass is 10.2. The minimum absolute atomic E-state index is 0.0254. The number of nitrogens with two attached hydrogens (primary N) is 1. The second-order valence-electron chi connectivity index (χ2n) is 3.97. The third-order valence-corrected chi connectivity index (χ3v) is 2.63. The first-order chi connectivity index (χ1) is 9.61. The summed E-state index contributed by atoms with van der Waals surface area (Å²) in [5, 5.41) is 23.3. The van der Waals surface area contributed by atoms with Crippen LogP contribution >= 0.6 is 0 Å². The van der Waals surface area contributed by atoms with Gasteiger partial charge in [-0.3, -0.25) is 15.1 Å². The summed E-state index contributed by atoms with van der Waals surface area (Å²) in [5.41, 5.74) is 7.03. The maximum absolute atomic E-state index is 10.5. The van der Waals surface area contributed by atoms with Gasteiger partial charge in [0.1, 0.15) is 11.5 Å². The predicted octanol–water partition coefficient (Wildman–Crippen LogP) is 1.12. The van der Waals surface area contributed by atoms with E-state index in [0.717, 1.165) is 0 Å². The highest BCUT2D eigenvalue weighted by Gasteiger charge is 2.05. The summed E-state index contributed by atoms with van der Waals surface area (Å²) in [6.07, 6.45) is 3.03. The number of aliphatic imine (C=N–C) groups is 1. The van der Waals surface area contributed by atoms with Gasteiger partial charge in [0.2, 0.25) is 0 Å². The molecule has 0 aliphatic carbocycles. The largest absolute Gasteiger partial charge is 0.394 e. The lowest BCUT2D eigenvalue weighted by Crippen LogP contribution is -2.07. The summed E-state index contributed by atoms with van der Waals surface area (Å²) in [4.78, 5) is 14.2. The van der Waals surface area contributed by atoms with E-state index in [-0.39, 0.29) is 12.3 Å². The molecule has 1 heterocycles. The fourth-order valence-corrected chi connectivity index (χ4v) is 1.58. The van der Waals surface area contributed by atoms with Crippen LogP contribution in [0.25, 0.3) is 0 Å². The molecule has 104 valence electrons. The molecule has 2 rings (SSSR count). The number of nitrogen functional groups attached to an aromatic ring is 1. The van der Waals surface area contributed by atoms with Gasteiger partial charge in [-0.05, 0) is 17.7 Å². The van der Waals surface area contributed by atoms with Gasteiger partial charge < -0.3 is 10.8 Å². The van der Waals surface area contributed by atoms with E-state index in [0.29, 0.717) is 23.6 Å². The number of anilines is 1. The van der Waals surface area contributed by atoms with Crippen molar-refractivity contribution in [3.05, 3.63) is 46.1 Å². The summed E-state index contributed by atoms with van der Waals surface area (Å²) in [7, 11) is 0. The molecule has 0 fully saturated rings. The zero-order valence-corrected chi connectivity index (χ0v) is 10.5. The Bertz CT molecular complexity index is 633. The van der Waals surface area contributed by atoms with Crippen LogP contribution in [0.5, 0.6) is 0 Å². The van der Waals surface area contributed by atoms with Crippen molar-refractivity contribution in [3.8, 4) is 0 Å². The lowest BCUT2D eigenvalue weighted by Gasteiger charge is -2.00. The number of hydrogen-bond donors (Lipinski definition) is 2. The quantitative estimate of drug-likeness (QED) is 0.481. The van der Waals surface area contributed by atoms with Crippen LogP contribution in [0.3, 0.4) is 0 Å². The van der Waals surface area contributed by atoms with E-state index >= 15 is 0 Å². The molecule has 8 nitrogen and oxygen atoms in total. The Morgan fingerprint density at radius 2 is 2.15 bits per heavy atom. The fraction of sp³-hybridized carbons (Fsp3) is 0.167. The maximum Gasteiger partial charge on any atom is 0.269 e. The number of nitrogens with zero attached hydrogens (tertiary/aromatic N) is 4. The molecule has 0 aliphatic rings. The van der Waals surface area contributed by atoms with Crippen LogP contribution in [0.4, 0.5) is 17.2 Å². The molecule has 0 spiro atoms. The van der Waals surface area contributed by atoms with Crippen LogP contribution < -0.4 is 5.73 Å². The van der Waals surface area contributed by atoms with Gasteiger partial charge in [0.05, 0.1) is 24.3 Å². The number of rotatable bonds is 5. The zero-order chi connectivity index (χ0) is 14.5. The van der Waals surface area contributed by atoms with Crippen molar-refractivity contribution < 1.29 is 10.0 Å². The van der Waals surface area contributed by atoms with Gasteiger partial charge in [0, 0.05) is 18.3 Å². The van der Waals surface area contributed by atoms with Gasteiger partial charge in [-0.25, -0.2) is 4.68 Å². The maximum atomic E-state index is 10.5. The molecule has 20 heavy (non-hydrogen) atoms. The van der Waals surface area contributed by atoms with Crippen LogP contribution in [0, 0.1) is 10.1 Å². The average Bonchev–Trinajstić information content (AvgIpc) is 2.79. The third-order valence-electron chi connectivity index (χ3n) is 2.63. The lowest BCUT2D eigenvalue weighted by molar-refractivity contribution is -0.384. The minimum atomic E-state index is -0.460. The number of nitro benzene ring substituents is 1. The molecule has 1 aromatic carbocycles. The number of aromatic nitrogens is 2. The fourth-order valence-electron chi connectivity index (χ4n) is 1.58. The molecule has 1 aromatic heterocycles. The van der Waals surface area contributed by atoms with E-state index in [1.807, 2.05) is 0 Å². The molecule has 0 aliphatic heterocycles. The molecule has 8 heteroatoms. The summed E-state index contributed by atoms with van der Waals surface area (Å²) < 4.78 is 1.45. The monoisotopic (exact) mass is 275 g/mol. The van der Waals surface area contributed by atoms with Gasteiger partial charge in [0.25, 0.3) is 5.69 Å². The second kappa shape index (κ2) is 5.93. The van der Waals surface area contributed by atoms with Crippen LogP contribution in [-0.4, -0.2) is 32.6 Å². The highest BCUT2D eigenvalue weighted by atomic mass is 16.6. The molecule has 3 N–H and O–H groups in total. The first-order valence-electron chi connectivity index (χ1n) is 5.82. The Labute approximate surface area is 114 Å². The molecule has 0 radical (unpaired) electrons. The smallest absolute Gasteiger partial charge is 0.269 e. The second-order valence-corrected chi connectivity index (χ2v) is 3.97. The number of nitro groups is 1. The van der Waals surface area contributed by atoms with Crippen molar-refractivity contribution in [1.82, 2.24) is 9.78 Å². The number of non-ortho nitro benzene ring substituents is 1. The summed E-state index contributed by atoms with van der Waals surface area (Å²) >= 11 is 0. The molecule has 0 atom stereocenters. The SMILES string of the molecule is Nc1c(N=Cc2ccc([N+](=O)[O-])cc2)cnn1CCO. The molecule has 0 unspecified atom stereocenters. The minimum Gasteiger partial charge on any atom is -0.394 e. The molecule has 0 bridgehead atoms. The average molecular weight is 275 g/mol. The van der Waals surface area contributed by atoms with Gasteiger partial charge in [-0.2, -0.15) is 5.10 Å². The first kappa shape index (κ1) is 13.7. The first-order valence-corrected chi connectivity index (χ1v) is 5.82. The van der Waals surface area contributed by atoms with Crippen molar-refractivity contribution >= 4 is 23.4 Å². The van der Waals surface area contributed by atoms with Crippen molar-refractivity contribution in [1.29, 1.82) is 0 Å². The van der Waals surface area contributed by atoms with Crippen LogP contribution in [0.1, 0.15) is 5.56 Å². The predicted molar refractivity (Wildman–Crippen MR) is 74.1 cm³/mol. The summed E-state index contributed by atoms with van der Waals surface area (Å²) in [6.45, 7) is 0.246. The topological polar surface area (TPSA) is 120 Å². The Morgan fingerprint density at radius 1 is 1.45 bits per heavy atom. The molecular weight excluding hydrogens is 262 g/mol. The number of aliphatic hydroxyl groups excluding tert-OH is 1. The van der Waals surface area contributed by atoms with E-state index in [2.05, 4.69) is 10.1 Å². The van der Waals surface area contributed by atoms with Crippen LogP contribution in [-0.2, 0) is 6.54 Å². The molecule has 2 aromatic rings. The van der Waals surface area contributed by atoms with Gasteiger partial charge in [-0.15, -0.1) is 0 Å². The highest BCUT2D eigenvalue weighted by Crippen LogP contribution is 2.21. The standard InChI is InChI=1S/C12H13N5O3/c13-12-11(8-15-16(12)5-6-18)14-7-9-1-3-10(4-2-9)17(19)20/h1-4,7-8,18H,5-6,13H2. The van der Waals surface area contributed by atoms with E-state index < -0.39 is 4.92 Å². The van der Waals surface area contributed by atoms with Gasteiger partial charge >= 0.3 is 0 Å². The number of benzene rings is 1. The Balaban J connectivity index is 2.14. The highest BCUT2D eigenvalue weighted by molar-refractivity contribution is 5.83. The van der Waals surface area contributed by atoms with Crippen molar-refractivity contribution in [2.24, 2.45) is 4.99 Å². The van der Waals surface area contributed by atoms with Crippen molar-refractivity contribution in [2.45, 2.75) is 6.54 Å². The summed E-state index contributed by atoms with van der Waals surface area (Å²) in [5.74, 6) is 0.359. The molecule has 0 saturated carbocycles. The third kappa shape index (κ3) is 2.98. The number of aliphatic hydroxyl groups is 1. The zero-order valence-electron chi connectivity index (χ0n) is 10.5. The van der Waals surface area contributed by atoms with Gasteiger partial charge in [-0.1, -0.05) is 0 Å². The van der Waals surface area contributed by atoms with E-state index in [1.165, 1.54) is 23.0 Å². The van der Waals surface area contributed by atoms with Gasteiger partial charge in [0.15, 0.2) is 0 Å². The molecule has 0 amide bonds. The normalized spacial score (nSPS) is 11.1. The van der Waals surface area contributed by atoms with E-state index in [4.69, 9.17) is 10.8 Å². The van der Waals surface area contributed by atoms with Crippen LogP contribution in [0.15, 0.2) is 35.5 Å².